The minimum absolute atomic E-state index is 0.109. The van der Waals surface area contributed by atoms with Crippen molar-refractivity contribution in [2.24, 2.45) is 0 Å². The van der Waals surface area contributed by atoms with E-state index in [2.05, 4.69) is 0 Å². The molecule has 0 N–H and O–H groups in total. The highest BCUT2D eigenvalue weighted by Gasteiger charge is 2.28. The number of pyridine rings is 1. The summed E-state index contributed by atoms with van der Waals surface area (Å²) in [6.45, 7) is 2.80. The minimum Gasteiger partial charge on any atom is -0.307 e. The van der Waals surface area contributed by atoms with Crippen molar-refractivity contribution in [1.29, 1.82) is 0 Å². The van der Waals surface area contributed by atoms with E-state index in [1.807, 2.05) is 0 Å². The molecule has 7 heteroatoms. The number of halogens is 1. The minimum atomic E-state index is -3.59. The van der Waals surface area contributed by atoms with Gasteiger partial charge in [-0.3, -0.25) is 4.79 Å². The maximum atomic E-state index is 13.1. The average Bonchev–Trinajstić information content (AvgIpc) is 3.10. The third-order valence-electron chi connectivity index (χ3n) is 4.38. The Morgan fingerprint density at radius 2 is 1.67 bits per heavy atom. The summed E-state index contributed by atoms with van der Waals surface area (Å²) in [5.41, 5.74) is 0.432. The van der Waals surface area contributed by atoms with E-state index in [9.17, 15) is 17.6 Å². The van der Waals surface area contributed by atoms with Crippen LogP contribution < -0.4 is 5.56 Å². The molecule has 1 atom stereocenters. The molecule has 2 heterocycles. The smallest absolute Gasteiger partial charge is 0.251 e. The zero-order chi connectivity index (χ0) is 17.3. The molecule has 1 aromatic heterocycles. The Morgan fingerprint density at radius 1 is 1.04 bits per heavy atom. The van der Waals surface area contributed by atoms with Gasteiger partial charge in [-0.25, -0.2) is 12.8 Å². The van der Waals surface area contributed by atoms with E-state index in [1.165, 1.54) is 39.3 Å². The first-order chi connectivity index (χ1) is 11.4. The van der Waals surface area contributed by atoms with Crippen LogP contribution >= 0.6 is 0 Å². The van der Waals surface area contributed by atoms with Crippen LogP contribution in [0.25, 0.3) is 0 Å². The number of benzene rings is 1. The van der Waals surface area contributed by atoms with E-state index in [4.69, 9.17) is 0 Å². The summed E-state index contributed by atoms with van der Waals surface area (Å²) in [5, 5.41) is 0. The van der Waals surface area contributed by atoms with E-state index in [0.717, 1.165) is 18.4 Å². The van der Waals surface area contributed by atoms with Crippen molar-refractivity contribution in [3.63, 3.8) is 0 Å². The Bertz CT molecular complexity index is 885. The van der Waals surface area contributed by atoms with Crippen molar-refractivity contribution in [1.82, 2.24) is 8.87 Å². The lowest BCUT2D eigenvalue weighted by molar-refractivity contribution is 0.475. The SMILES string of the molecule is C[C@@H](c1ccc(F)cc1)n1cc(S(=O)(=O)N2CCCC2)ccc1=O. The Labute approximate surface area is 140 Å². The number of sulfonamides is 1. The highest BCUT2D eigenvalue weighted by atomic mass is 32.2. The van der Waals surface area contributed by atoms with Crippen LogP contribution in [-0.4, -0.2) is 30.4 Å². The molecule has 0 saturated carbocycles. The molecule has 1 saturated heterocycles. The number of aromatic nitrogens is 1. The van der Waals surface area contributed by atoms with E-state index < -0.39 is 16.1 Å². The van der Waals surface area contributed by atoms with Crippen molar-refractivity contribution >= 4 is 10.0 Å². The van der Waals surface area contributed by atoms with E-state index in [-0.39, 0.29) is 16.3 Å². The van der Waals surface area contributed by atoms with E-state index in [0.29, 0.717) is 13.1 Å². The fourth-order valence-electron chi connectivity index (χ4n) is 2.92. The van der Waals surface area contributed by atoms with E-state index >= 15 is 0 Å². The predicted molar refractivity (Wildman–Crippen MR) is 88.9 cm³/mol. The normalized spacial score (nSPS) is 17.1. The van der Waals surface area contributed by atoms with Gasteiger partial charge in [-0.2, -0.15) is 4.31 Å². The van der Waals surface area contributed by atoms with Crippen LogP contribution in [0.5, 0.6) is 0 Å². The van der Waals surface area contributed by atoms with Crippen molar-refractivity contribution in [2.75, 3.05) is 13.1 Å². The molecule has 0 amide bonds. The molecule has 0 spiro atoms. The highest BCUT2D eigenvalue weighted by molar-refractivity contribution is 7.89. The standard InChI is InChI=1S/C17H19FN2O3S/c1-13(14-4-6-15(18)7-5-14)20-12-16(8-9-17(20)21)24(22,23)19-10-2-3-11-19/h4-9,12-13H,2-3,10-11H2,1H3/t13-/m0/s1. The van der Waals surface area contributed by atoms with Gasteiger partial charge in [0.25, 0.3) is 5.56 Å². The summed E-state index contributed by atoms with van der Waals surface area (Å²) in [6, 6.07) is 8.05. The quantitative estimate of drug-likeness (QED) is 0.851. The first kappa shape index (κ1) is 16.9. The molecule has 1 aromatic carbocycles. The summed E-state index contributed by atoms with van der Waals surface area (Å²) in [5.74, 6) is -0.358. The molecule has 24 heavy (non-hydrogen) atoms. The fourth-order valence-corrected chi connectivity index (χ4v) is 4.44. The van der Waals surface area contributed by atoms with Crippen molar-refractivity contribution in [3.05, 3.63) is 64.3 Å². The summed E-state index contributed by atoms with van der Waals surface area (Å²) in [7, 11) is -3.59. The summed E-state index contributed by atoms with van der Waals surface area (Å²) in [4.78, 5) is 12.3. The van der Waals surface area contributed by atoms with Gasteiger partial charge in [0.1, 0.15) is 5.82 Å². The van der Waals surface area contributed by atoms with Crippen molar-refractivity contribution < 1.29 is 12.8 Å². The first-order valence-electron chi connectivity index (χ1n) is 7.87. The predicted octanol–water partition coefficient (Wildman–Crippen LogP) is 2.38. The summed E-state index contributed by atoms with van der Waals surface area (Å²) < 4.78 is 41.2. The maximum absolute atomic E-state index is 13.1. The Morgan fingerprint density at radius 3 is 2.29 bits per heavy atom. The van der Waals surface area contributed by atoms with Crippen LogP contribution in [0.4, 0.5) is 4.39 Å². The lowest BCUT2D eigenvalue weighted by atomic mass is 10.1. The molecule has 2 aromatic rings. The van der Waals surface area contributed by atoms with Crippen LogP contribution in [0.2, 0.25) is 0 Å². The van der Waals surface area contributed by atoms with Crippen LogP contribution in [-0.2, 0) is 10.0 Å². The van der Waals surface area contributed by atoms with E-state index in [1.54, 1.807) is 19.1 Å². The number of hydrogen-bond acceptors (Lipinski definition) is 3. The monoisotopic (exact) mass is 350 g/mol. The molecule has 0 unspecified atom stereocenters. The van der Waals surface area contributed by atoms with Crippen molar-refractivity contribution in [2.45, 2.75) is 30.7 Å². The van der Waals surface area contributed by atoms with Crippen molar-refractivity contribution in [3.8, 4) is 0 Å². The van der Waals surface area contributed by atoms with Gasteiger partial charge in [0, 0.05) is 25.4 Å². The maximum Gasteiger partial charge on any atom is 0.251 e. The van der Waals surface area contributed by atoms with Crippen LogP contribution in [0, 0.1) is 5.82 Å². The average molecular weight is 350 g/mol. The second kappa shape index (κ2) is 6.49. The van der Waals surface area contributed by atoms with Gasteiger partial charge < -0.3 is 4.57 Å². The zero-order valence-corrected chi connectivity index (χ0v) is 14.2. The molecule has 0 bridgehead atoms. The highest BCUT2D eigenvalue weighted by Crippen LogP contribution is 2.22. The summed E-state index contributed by atoms with van der Waals surface area (Å²) in [6.07, 6.45) is 3.08. The lowest BCUT2D eigenvalue weighted by Gasteiger charge is -2.19. The molecule has 128 valence electrons. The topological polar surface area (TPSA) is 59.4 Å². The van der Waals surface area contributed by atoms with Crippen LogP contribution in [0.3, 0.4) is 0 Å². The zero-order valence-electron chi connectivity index (χ0n) is 13.4. The molecule has 0 radical (unpaired) electrons. The third kappa shape index (κ3) is 3.14. The molecule has 1 fully saturated rings. The largest absolute Gasteiger partial charge is 0.307 e. The molecular weight excluding hydrogens is 331 g/mol. The van der Waals surface area contributed by atoms with Crippen LogP contribution in [0.15, 0.2) is 52.3 Å². The Kier molecular flexibility index (Phi) is 4.56. The first-order valence-corrected chi connectivity index (χ1v) is 9.31. The molecule has 3 rings (SSSR count). The molecule has 5 nitrogen and oxygen atoms in total. The van der Waals surface area contributed by atoms with Gasteiger partial charge in [0.15, 0.2) is 0 Å². The number of nitrogens with zero attached hydrogens (tertiary/aromatic N) is 2. The third-order valence-corrected chi connectivity index (χ3v) is 6.27. The van der Waals surface area contributed by atoms with Gasteiger partial charge in [0.2, 0.25) is 10.0 Å². The summed E-state index contributed by atoms with van der Waals surface area (Å²) >= 11 is 0. The second-order valence-electron chi connectivity index (χ2n) is 5.95. The second-order valence-corrected chi connectivity index (χ2v) is 7.89. The Hall–Kier alpha value is -1.99. The molecule has 0 aliphatic carbocycles. The molecule has 1 aliphatic heterocycles. The van der Waals surface area contributed by atoms with Crippen LogP contribution in [0.1, 0.15) is 31.4 Å². The molecular formula is C17H19FN2O3S. The van der Waals surface area contributed by atoms with Gasteiger partial charge >= 0.3 is 0 Å². The lowest BCUT2D eigenvalue weighted by Crippen LogP contribution is -2.30. The van der Waals surface area contributed by atoms with Gasteiger partial charge in [-0.05, 0) is 43.5 Å². The number of rotatable bonds is 4. The van der Waals surface area contributed by atoms with Gasteiger partial charge in [-0.15, -0.1) is 0 Å². The number of hydrogen-bond donors (Lipinski definition) is 0. The van der Waals surface area contributed by atoms with Gasteiger partial charge in [-0.1, -0.05) is 12.1 Å². The fraction of sp³-hybridized carbons (Fsp3) is 0.353. The Balaban J connectivity index is 2.00. The van der Waals surface area contributed by atoms with Gasteiger partial charge in [0.05, 0.1) is 10.9 Å². The molecule has 1 aliphatic rings.